The van der Waals surface area contributed by atoms with E-state index in [1.54, 1.807) is 16.6 Å². The molecule has 2 fully saturated rings. The number of hydrogen-bond donors (Lipinski definition) is 3. The van der Waals surface area contributed by atoms with Crippen molar-refractivity contribution in [3.63, 3.8) is 0 Å². The van der Waals surface area contributed by atoms with Gasteiger partial charge in [-0.1, -0.05) is 32.0 Å². The van der Waals surface area contributed by atoms with Crippen LogP contribution in [0.25, 0.3) is 5.65 Å². The van der Waals surface area contributed by atoms with Gasteiger partial charge < -0.3 is 29.9 Å². The number of nitrogens with one attached hydrogen (secondary N) is 3. The molecule has 54 heavy (non-hydrogen) atoms. The minimum absolute atomic E-state index is 0.0721. The van der Waals surface area contributed by atoms with Crippen molar-refractivity contribution < 1.29 is 28.7 Å². The second-order valence-electron chi connectivity index (χ2n) is 14.5. The Hall–Kier alpha value is -5.57. The van der Waals surface area contributed by atoms with Crippen LogP contribution in [0.1, 0.15) is 91.8 Å². The first-order valence-electron chi connectivity index (χ1n) is 18.8. The van der Waals surface area contributed by atoms with E-state index in [2.05, 4.69) is 46.8 Å². The molecule has 0 bridgehead atoms. The van der Waals surface area contributed by atoms with Crippen LogP contribution in [0.2, 0.25) is 0 Å². The van der Waals surface area contributed by atoms with Crippen LogP contribution in [0.5, 0.6) is 11.8 Å². The molecule has 7 rings (SSSR count). The average Bonchev–Trinajstić information content (AvgIpc) is 3.74. The molecule has 1 atom stereocenters. The van der Waals surface area contributed by atoms with Gasteiger partial charge in [0.05, 0.1) is 19.3 Å². The number of hydrogen-bond acceptors (Lipinski definition) is 11. The molecule has 15 heteroatoms. The highest BCUT2D eigenvalue weighted by Gasteiger charge is 2.40. The molecule has 3 aliphatic heterocycles. The third-order valence-electron chi connectivity index (χ3n) is 10.2. The number of carbonyl (C=O) groups excluding carboxylic acids is 4. The first kappa shape index (κ1) is 36.8. The molecule has 0 radical (unpaired) electrons. The lowest BCUT2D eigenvalue weighted by Gasteiger charge is -2.29. The molecule has 4 amide bonds. The van der Waals surface area contributed by atoms with E-state index < -0.39 is 11.9 Å². The number of benzene rings is 2. The van der Waals surface area contributed by atoms with Crippen molar-refractivity contribution in [2.24, 2.45) is 0 Å². The summed E-state index contributed by atoms with van der Waals surface area (Å²) < 4.78 is 14.0. The third-order valence-corrected chi connectivity index (χ3v) is 10.2. The van der Waals surface area contributed by atoms with Gasteiger partial charge in [0.25, 0.3) is 5.91 Å². The molecule has 0 spiro atoms. The lowest BCUT2D eigenvalue weighted by molar-refractivity contribution is -0.137. The maximum Gasteiger partial charge on any atom is 0.322 e. The Bertz CT molecular complexity index is 2020. The van der Waals surface area contributed by atoms with Gasteiger partial charge in [-0.3, -0.25) is 24.5 Å². The van der Waals surface area contributed by atoms with Crippen LogP contribution in [-0.4, -0.2) is 91.9 Å². The Labute approximate surface area is 313 Å². The number of unbranched alkanes of at least 4 members (excludes halogenated alkanes) is 1. The normalized spacial score (nSPS) is 17.9. The Morgan fingerprint density at radius 3 is 2.57 bits per heavy atom. The Kier molecular flexibility index (Phi) is 11.0. The zero-order valence-corrected chi connectivity index (χ0v) is 31.0. The molecule has 284 valence electrons. The molecule has 0 aliphatic carbocycles. The number of aromatic nitrogens is 4. The van der Waals surface area contributed by atoms with Crippen LogP contribution in [0, 0.1) is 0 Å². The molecule has 3 N–H and O–H groups in total. The summed E-state index contributed by atoms with van der Waals surface area (Å²) >= 11 is 0. The highest BCUT2D eigenvalue weighted by Crippen LogP contribution is 2.34. The zero-order valence-electron chi connectivity index (χ0n) is 31.0. The van der Waals surface area contributed by atoms with Crippen molar-refractivity contribution in [3.8, 4) is 11.8 Å². The van der Waals surface area contributed by atoms with Crippen molar-refractivity contribution in [2.45, 2.75) is 89.9 Å². The molecular formula is C39H47N9O6. The lowest BCUT2D eigenvalue weighted by Crippen LogP contribution is -2.52. The van der Waals surface area contributed by atoms with Gasteiger partial charge in [-0.05, 0) is 74.9 Å². The van der Waals surface area contributed by atoms with Gasteiger partial charge in [-0.25, -0.2) is 0 Å². The van der Waals surface area contributed by atoms with Gasteiger partial charge in [0.2, 0.25) is 23.7 Å². The number of amides is 4. The predicted octanol–water partition coefficient (Wildman–Crippen LogP) is 4.28. The van der Waals surface area contributed by atoms with E-state index in [9.17, 15) is 19.2 Å². The standard InChI is InChI=1S/C39H47N9O6/c1-24(2)29-22-41-48-35(29)44-39(54-27-16-18-46(3)19-17-27)45-38(48)40-21-25-10-12-26(13-11-25)42-33(49)9-4-5-20-53-32-8-6-7-28-30(32)23-47(37(28)52)31-14-15-34(50)43-36(31)51/h6-8,10-13,22,24,27,31H,4-5,9,14-21,23H2,1-3H3,(H,42,49)(H,40,44,45)(H,43,50,51). The summed E-state index contributed by atoms with van der Waals surface area (Å²) in [6.45, 7) is 7.29. The number of likely N-dealkylation sites (tertiary alicyclic amines) is 1. The van der Waals surface area contributed by atoms with E-state index in [0.29, 0.717) is 67.8 Å². The van der Waals surface area contributed by atoms with Gasteiger partial charge in [-0.15, -0.1) is 0 Å². The largest absolute Gasteiger partial charge is 0.493 e. The molecular weight excluding hydrogens is 690 g/mol. The van der Waals surface area contributed by atoms with Crippen molar-refractivity contribution in [1.82, 2.24) is 34.7 Å². The summed E-state index contributed by atoms with van der Waals surface area (Å²) in [5, 5.41) is 13.3. The van der Waals surface area contributed by atoms with Crippen molar-refractivity contribution in [2.75, 3.05) is 37.4 Å². The number of rotatable bonds is 14. The topological polar surface area (TPSA) is 172 Å². The van der Waals surface area contributed by atoms with Crippen molar-refractivity contribution >= 4 is 40.9 Å². The molecule has 4 aromatic rings. The van der Waals surface area contributed by atoms with E-state index >= 15 is 0 Å². The van der Waals surface area contributed by atoms with Crippen molar-refractivity contribution in [3.05, 3.63) is 70.9 Å². The predicted molar refractivity (Wildman–Crippen MR) is 200 cm³/mol. The van der Waals surface area contributed by atoms with Crippen LogP contribution in [0.15, 0.2) is 48.7 Å². The van der Waals surface area contributed by atoms with Gasteiger partial charge in [-0.2, -0.15) is 19.6 Å². The third kappa shape index (κ3) is 8.30. The quantitative estimate of drug-likeness (QED) is 0.125. The highest BCUT2D eigenvalue weighted by atomic mass is 16.5. The number of imide groups is 1. The first-order chi connectivity index (χ1) is 26.1. The van der Waals surface area contributed by atoms with Crippen molar-refractivity contribution in [1.29, 1.82) is 0 Å². The summed E-state index contributed by atoms with van der Waals surface area (Å²) in [4.78, 5) is 63.0. The van der Waals surface area contributed by atoms with Gasteiger partial charge >= 0.3 is 6.01 Å². The zero-order chi connectivity index (χ0) is 37.8. The fourth-order valence-corrected chi connectivity index (χ4v) is 7.07. The summed E-state index contributed by atoms with van der Waals surface area (Å²) in [5.41, 5.74) is 4.70. The number of fused-ring (bicyclic) bond motifs is 2. The van der Waals surface area contributed by atoms with Gasteiger partial charge in [0, 0.05) is 54.9 Å². The monoisotopic (exact) mass is 737 g/mol. The minimum atomic E-state index is -0.680. The highest BCUT2D eigenvalue weighted by molar-refractivity contribution is 6.05. The van der Waals surface area contributed by atoms with Crippen LogP contribution in [0.3, 0.4) is 0 Å². The number of carbonyl (C=O) groups is 4. The average molecular weight is 738 g/mol. The molecule has 2 saturated heterocycles. The number of ether oxygens (including phenoxy) is 2. The summed E-state index contributed by atoms with van der Waals surface area (Å²) in [6, 6.07) is 12.6. The lowest BCUT2D eigenvalue weighted by atomic mass is 10.0. The second-order valence-corrected chi connectivity index (χ2v) is 14.5. The summed E-state index contributed by atoms with van der Waals surface area (Å²) in [6.07, 6.45) is 5.86. The maximum absolute atomic E-state index is 13.1. The molecule has 0 saturated carbocycles. The molecule has 2 aromatic carbocycles. The molecule has 2 aromatic heterocycles. The molecule has 5 heterocycles. The van der Waals surface area contributed by atoms with E-state index in [0.717, 1.165) is 48.3 Å². The number of nitrogens with zero attached hydrogens (tertiary/aromatic N) is 6. The fourth-order valence-electron chi connectivity index (χ4n) is 7.07. The minimum Gasteiger partial charge on any atom is -0.493 e. The molecule has 3 aliphatic rings. The maximum atomic E-state index is 13.1. The van der Waals surface area contributed by atoms with Crippen LogP contribution in [0.4, 0.5) is 11.6 Å². The second kappa shape index (κ2) is 16.2. The SMILES string of the molecule is CC(C)c1cnn2c(NCc3ccc(NC(=O)CCCCOc4cccc5c4CN(C4CCC(=O)NC4=O)C5=O)cc3)nc(OC3CCN(C)CC3)nc12. The van der Waals surface area contributed by atoms with E-state index in [1.807, 2.05) is 36.5 Å². The Balaban J connectivity index is 0.873. The van der Waals surface area contributed by atoms with Gasteiger partial charge in [0.15, 0.2) is 5.65 Å². The van der Waals surface area contributed by atoms with E-state index in [-0.39, 0.29) is 42.7 Å². The number of piperidine rings is 2. The van der Waals surface area contributed by atoms with Crippen LogP contribution >= 0.6 is 0 Å². The number of anilines is 2. The molecule has 15 nitrogen and oxygen atoms in total. The van der Waals surface area contributed by atoms with Gasteiger partial charge in [0.1, 0.15) is 17.9 Å². The first-order valence-corrected chi connectivity index (χ1v) is 18.8. The summed E-state index contributed by atoms with van der Waals surface area (Å²) in [5.74, 6) is 0.281. The Morgan fingerprint density at radius 1 is 1.02 bits per heavy atom. The smallest absolute Gasteiger partial charge is 0.322 e. The van der Waals surface area contributed by atoms with Crippen LogP contribution < -0.4 is 25.4 Å². The summed E-state index contributed by atoms with van der Waals surface area (Å²) in [7, 11) is 2.12. The molecule has 1 unspecified atom stereocenters. The van der Waals surface area contributed by atoms with E-state index in [4.69, 9.17) is 19.4 Å². The Morgan fingerprint density at radius 2 is 1.81 bits per heavy atom. The van der Waals surface area contributed by atoms with E-state index in [1.165, 1.54) is 4.90 Å². The fraction of sp³-hybridized carbons (Fsp3) is 0.462. The van der Waals surface area contributed by atoms with Crippen LogP contribution in [-0.2, 0) is 27.5 Å².